The standard InChI is InChI=1S/C24H27F2N7O3S/c1-14-11-32(22(34)24(26)5-6-37(24,35)36)15(2)10-31(14)20-19-21(30-13-29-20)33(12-23(19,3)4)16-7-17(25)18(8-27)28-9-16/h7,9,13-15H,5-6,10-12H2,1-4H3/t14-,15+,24?/m0/s1. The summed E-state index contributed by atoms with van der Waals surface area (Å²) < 4.78 is 53.4. The van der Waals surface area contributed by atoms with Gasteiger partial charge < -0.3 is 14.7 Å². The molecule has 3 aliphatic heterocycles. The summed E-state index contributed by atoms with van der Waals surface area (Å²) in [5, 5.41) is 6.17. The van der Waals surface area contributed by atoms with Gasteiger partial charge in [-0.05, 0) is 13.8 Å². The van der Waals surface area contributed by atoms with Crippen molar-refractivity contribution in [2.24, 2.45) is 0 Å². The first-order valence-corrected chi connectivity index (χ1v) is 13.6. The monoisotopic (exact) mass is 531 g/mol. The Kier molecular flexibility index (Phi) is 5.67. The van der Waals surface area contributed by atoms with Crippen molar-refractivity contribution in [1.29, 1.82) is 5.26 Å². The summed E-state index contributed by atoms with van der Waals surface area (Å²) in [5.74, 6) is -0.800. The second-order valence-corrected chi connectivity index (χ2v) is 12.9. The van der Waals surface area contributed by atoms with Gasteiger partial charge in [-0.15, -0.1) is 0 Å². The third-order valence-electron chi connectivity index (χ3n) is 7.56. The second kappa shape index (κ2) is 8.31. The average molecular weight is 532 g/mol. The van der Waals surface area contributed by atoms with Crippen LogP contribution in [-0.2, 0) is 20.0 Å². The lowest BCUT2D eigenvalue weighted by Gasteiger charge is -2.47. The molecule has 2 fully saturated rings. The van der Waals surface area contributed by atoms with Crippen molar-refractivity contribution in [2.75, 3.05) is 35.2 Å². The topological polar surface area (TPSA) is 123 Å². The Labute approximate surface area is 213 Å². The first kappa shape index (κ1) is 25.3. The first-order chi connectivity index (χ1) is 17.3. The van der Waals surface area contributed by atoms with Crippen molar-refractivity contribution in [1.82, 2.24) is 19.9 Å². The minimum absolute atomic E-state index is 0.134. The van der Waals surface area contributed by atoms with Crippen LogP contribution in [0.5, 0.6) is 0 Å². The number of sulfone groups is 1. The molecule has 196 valence electrons. The number of carbonyl (C=O) groups excluding carboxylic acids is 1. The minimum atomic E-state index is -4.09. The molecule has 0 bridgehead atoms. The molecule has 3 aliphatic rings. The molecule has 0 spiro atoms. The van der Waals surface area contributed by atoms with Crippen molar-refractivity contribution in [3.05, 3.63) is 35.7 Å². The van der Waals surface area contributed by atoms with E-state index in [1.165, 1.54) is 23.5 Å². The first-order valence-electron chi connectivity index (χ1n) is 12.0. The number of fused-ring (bicyclic) bond motifs is 1. The van der Waals surface area contributed by atoms with Gasteiger partial charge in [0.05, 0.1) is 17.6 Å². The van der Waals surface area contributed by atoms with E-state index in [0.29, 0.717) is 30.4 Å². The van der Waals surface area contributed by atoms with Crippen molar-refractivity contribution in [2.45, 2.75) is 56.6 Å². The van der Waals surface area contributed by atoms with Crippen LogP contribution < -0.4 is 9.80 Å². The summed E-state index contributed by atoms with van der Waals surface area (Å²) in [6.07, 6.45) is 2.54. The molecule has 0 aliphatic carbocycles. The summed E-state index contributed by atoms with van der Waals surface area (Å²) in [6.45, 7) is 8.59. The quantitative estimate of drug-likeness (QED) is 0.586. The lowest BCUT2D eigenvalue weighted by molar-refractivity contribution is -0.142. The lowest BCUT2D eigenvalue weighted by atomic mass is 9.87. The van der Waals surface area contributed by atoms with E-state index in [2.05, 4.69) is 15.0 Å². The van der Waals surface area contributed by atoms with Gasteiger partial charge in [-0.2, -0.15) is 5.26 Å². The van der Waals surface area contributed by atoms with Crippen molar-refractivity contribution in [3.8, 4) is 6.07 Å². The van der Waals surface area contributed by atoms with Crippen LogP contribution >= 0.6 is 0 Å². The summed E-state index contributed by atoms with van der Waals surface area (Å²) >= 11 is 0. The molecule has 2 aromatic heterocycles. The van der Waals surface area contributed by atoms with Gasteiger partial charge in [0.1, 0.15) is 24.0 Å². The average Bonchev–Trinajstić information content (AvgIpc) is 3.14. The Morgan fingerprint density at radius 2 is 1.86 bits per heavy atom. The van der Waals surface area contributed by atoms with Crippen LogP contribution in [0.2, 0.25) is 0 Å². The fourth-order valence-electron chi connectivity index (χ4n) is 5.42. The molecule has 2 saturated heterocycles. The highest BCUT2D eigenvalue weighted by molar-refractivity contribution is 7.94. The van der Waals surface area contributed by atoms with E-state index < -0.39 is 38.0 Å². The molecule has 3 atom stereocenters. The smallest absolute Gasteiger partial charge is 0.288 e. The number of nitriles is 1. The molecular weight excluding hydrogens is 504 g/mol. The molecule has 1 unspecified atom stereocenters. The summed E-state index contributed by atoms with van der Waals surface area (Å²) in [5.41, 5.74) is 0.558. The number of pyridine rings is 1. The van der Waals surface area contributed by atoms with Crippen LogP contribution in [0.15, 0.2) is 18.6 Å². The number of rotatable bonds is 3. The number of aromatic nitrogens is 3. The SMILES string of the molecule is C[C@@H]1CN(c2ncnc3c2C(C)(C)CN3c2cnc(C#N)c(F)c2)[C@@H](C)CN1C(=O)C1(F)CCS1(=O)=O. The third kappa shape index (κ3) is 3.72. The minimum Gasteiger partial charge on any atom is -0.350 e. The lowest BCUT2D eigenvalue weighted by Crippen LogP contribution is -2.66. The second-order valence-electron chi connectivity index (χ2n) is 10.6. The fourth-order valence-corrected chi connectivity index (χ4v) is 6.70. The van der Waals surface area contributed by atoms with Crippen LogP contribution in [0.3, 0.4) is 0 Å². The molecule has 5 rings (SSSR count). The summed E-state index contributed by atoms with van der Waals surface area (Å²) in [6, 6.07) is 2.23. The van der Waals surface area contributed by atoms with Gasteiger partial charge in [-0.25, -0.2) is 32.2 Å². The maximum Gasteiger partial charge on any atom is 0.288 e. The Bertz CT molecular complexity index is 1440. The van der Waals surface area contributed by atoms with Gasteiger partial charge in [-0.3, -0.25) is 4.79 Å². The highest BCUT2D eigenvalue weighted by Crippen LogP contribution is 2.47. The molecule has 13 heteroatoms. The van der Waals surface area contributed by atoms with E-state index in [1.807, 2.05) is 30.6 Å². The van der Waals surface area contributed by atoms with Gasteiger partial charge in [-0.1, -0.05) is 13.8 Å². The molecule has 2 aromatic rings. The maximum atomic E-state index is 15.1. The predicted octanol–water partition coefficient (Wildman–Crippen LogP) is 2.22. The fraction of sp³-hybridized carbons (Fsp3) is 0.542. The molecule has 5 heterocycles. The largest absolute Gasteiger partial charge is 0.350 e. The van der Waals surface area contributed by atoms with Crippen LogP contribution in [0, 0.1) is 17.1 Å². The molecule has 37 heavy (non-hydrogen) atoms. The molecule has 10 nitrogen and oxygen atoms in total. The number of hydrogen-bond donors (Lipinski definition) is 0. The zero-order chi connectivity index (χ0) is 26.9. The van der Waals surface area contributed by atoms with Gasteiger partial charge in [0.25, 0.3) is 10.9 Å². The van der Waals surface area contributed by atoms with Gasteiger partial charge in [0.2, 0.25) is 0 Å². The number of carbonyl (C=O) groups is 1. The molecule has 0 radical (unpaired) electrons. The van der Waals surface area contributed by atoms with E-state index in [-0.39, 0.29) is 30.5 Å². The van der Waals surface area contributed by atoms with E-state index in [4.69, 9.17) is 5.26 Å². The third-order valence-corrected chi connectivity index (χ3v) is 9.67. The molecular formula is C24H27F2N7O3S. The number of nitrogens with zero attached hydrogens (tertiary/aromatic N) is 7. The highest BCUT2D eigenvalue weighted by Gasteiger charge is 2.61. The number of anilines is 3. The number of amides is 1. The number of alkyl halides is 1. The van der Waals surface area contributed by atoms with Crippen LogP contribution in [0.1, 0.15) is 45.4 Å². The van der Waals surface area contributed by atoms with Crippen molar-refractivity contribution < 1.29 is 22.0 Å². The van der Waals surface area contributed by atoms with Crippen molar-refractivity contribution in [3.63, 3.8) is 0 Å². The van der Waals surface area contributed by atoms with Gasteiger partial charge in [0.15, 0.2) is 21.3 Å². The molecule has 0 saturated carbocycles. The van der Waals surface area contributed by atoms with E-state index in [1.54, 1.807) is 13.0 Å². The Hall–Kier alpha value is -3.40. The van der Waals surface area contributed by atoms with Crippen molar-refractivity contribution >= 4 is 33.1 Å². The van der Waals surface area contributed by atoms with E-state index >= 15 is 4.39 Å². The predicted molar refractivity (Wildman–Crippen MR) is 131 cm³/mol. The van der Waals surface area contributed by atoms with Gasteiger partial charge in [0, 0.05) is 55.2 Å². The number of piperazine rings is 1. The number of halogens is 2. The van der Waals surface area contributed by atoms with Crippen LogP contribution in [-0.4, -0.2) is 76.6 Å². The molecule has 0 aromatic carbocycles. The Morgan fingerprint density at radius 1 is 1.16 bits per heavy atom. The van der Waals surface area contributed by atoms with Crippen LogP contribution in [0.25, 0.3) is 0 Å². The van der Waals surface area contributed by atoms with Crippen LogP contribution in [0.4, 0.5) is 26.1 Å². The zero-order valence-corrected chi connectivity index (χ0v) is 21.8. The Morgan fingerprint density at radius 3 is 2.46 bits per heavy atom. The Balaban J connectivity index is 1.47. The van der Waals surface area contributed by atoms with E-state index in [9.17, 15) is 17.6 Å². The highest BCUT2D eigenvalue weighted by atomic mass is 32.2. The zero-order valence-electron chi connectivity index (χ0n) is 20.9. The molecule has 1 amide bonds. The normalized spacial score (nSPS) is 27.9. The maximum absolute atomic E-state index is 15.1. The van der Waals surface area contributed by atoms with E-state index in [0.717, 1.165) is 5.56 Å². The summed E-state index contributed by atoms with van der Waals surface area (Å²) in [4.78, 5) is 31.1. The van der Waals surface area contributed by atoms with Gasteiger partial charge >= 0.3 is 0 Å². The molecule has 0 N–H and O–H groups in total. The number of hydrogen-bond acceptors (Lipinski definition) is 9. The summed E-state index contributed by atoms with van der Waals surface area (Å²) in [7, 11) is -4.09.